The van der Waals surface area contributed by atoms with Gasteiger partial charge in [0.1, 0.15) is 6.54 Å². The largest absolute Gasteiger partial charge is 0.350 e. The molecule has 1 aliphatic heterocycles. The molecule has 0 radical (unpaired) electrons. The van der Waals surface area contributed by atoms with Crippen LogP contribution in [0.4, 0.5) is 5.69 Å². The van der Waals surface area contributed by atoms with Crippen molar-refractivity contribution in [3.05, 3.63) is 82.9 Å². The first-order chi connectivity index (χ1) is 14.4. The van der Waals surface area contributed by atoms with Crippen molar-refractivity contribution in [2.24, 2.45) is 0 Å². The molecule has 0 saturated heterocycles. The highest BCUT2D eigenvalue weighted by Gasteiger charge is 2.35. The van der Waals surface area contributed by atoms with Crippen LogP contribution in [0.5, 0.6) is 0 Å². The Bertz CT molecular complexity index is 1210. The SMILES string of the molecule is CCc1ccc2c(c1)-c1ccccc1S(=O)(=O)N2CC(=O)NCc1ccc(Cl)cc1. The van der Waals surface area contributed by atoms with Crippen LogP contribution in [-0.2, 0) is 27.8 Å². The summed E-state index contributed by atoms with van der Waals surface area (Å²) in [6, 6.07) is 19.7. The summed E-state index contributed by atoms with van der Waals surface area (Å²) in [7, 11) is -3.84. The van der Waals surface area contributed by atoms with Gasteiger partial charge in [0.25, 0.3) is 10.0 Å². The monoisotopic (exact) mass is 440 g/mol. The number of sulfonamides is 1. The van der Waals surface area contributed by atoms with Crippen molar-refractivity contribution in [2.75, 3.05) is 10.8 Å². The van der Waals surface area contributed by atoms with Crippen LogP contribution in [-0.4, -0.2) is 20.9 Å². The Kier molecular flexibility index (Phi) is 5.54. The van der Waals surface area contributed by atoms with Crippen molar-refractivity contribution in [3.8, 4) is 11.1 Å². The fourth-order valence-corrected chi connectivity index (χ4v) is 5.33. The first-order valence-electron chi connectivity index (χ1n) is 9.66. The normalized spacial score (nSPS) is 14.0. The van der Waals surface area contributed by atoms with E-state index in [4.69, 9.17) is 11.6 Å². The number of nitrogens with zero attached hydrogens (tertiary/aromatic N) is 1. The molecule has 0 bridgehead atoms. The Labute approximate surface area is 181 Å². The fraction of sp³-hybridized carbons (Fsp3) is 0.174. The van der Waals surface area contributed by atoms with E-state index in [0.29, 0.717) is 22.8 Å². The minimum atomic E-state index is -3.84. The molecule has 1 N–H and O–H groups in total. The number of hydrogen-bond donors (Lipinski definition) is 1. The lowest BCUT2D eigenvalue weighted by molar-refractivity contribution is -0.119. The van der Waals surface area contributed by atoms with Gasteiger partial charge >= 0.3 is 0 Å². The van der Waals surface area contributed by atoms with E-state index in [1.165, 1.54) is 4.31 Å². The molecule has 3 aromatic carbocycles. The summed E-state index contributed by atoms with van der Waals surface area (Å²) < 4.78 is 27.8. The molecule has 1 aliphatic rings. The average Bonchev–Trinajstić information content (AvgIpc) is 2.76. The van der Waals surface area contributed by atoms with Gasteiger partial charge < -0.3 is 5.32 Å². The third kappa shape index (κ3) is 3.80. The number of benzene rings is 3. The van der Waals surface area contributed by atoms with Crippen LogP contribution < -0.4 is 9.62 Å². The highest BCUT2D eigenvalue weighted by Crippen LogP contribution is 2.43. The zero-order chi connectivity index (χ0) is 21.3. The van der Waals surface area contributed by atoms with E-state index in [2.05, 4.69) is 12.2 Å². The van der Waals surface area contributed by atoms with Crippen LogP contribution in [0.1, 0.15) is 18.1 Å². The second-order valence-corrected chi connectivity index (χ2v) is 9.38. The molecule has 4 rings (SSSR count). The number of fused-ring (bicyclic) bond motifs is 3. The minimum Gasteiger partial charge on any atom is -0.350 e. The van der Waals surface area contributed by atoms with Crippen LogP contribution in [0.2, 0.25) is 5.02 Å². The van der Waals surface area contributed by atoms with Crippen molar-refractivity contribution < 1.29 is 13.2 Å². The average molecular weight is 441 g/mol. The molecule has 0 fully saturated rings. The Morgan fingerprint density at radius 3 is 2.40 bits per heavy atom. The van der Waals surface area contributed by atoms with Gasteiger partial charge in [0, 0.05) is 22.7 Å². The molecule has 3 aromatic rings. The lowest BCUT2D eigenvalue weighted by Gasteiger charge is -2.32. The number of nitrogens with one attached hydrogen (secondary N) is 1. The van der Waals surface area contributed by atoms with Gasteiger partial charge in [-0.05, 0) is 47.9 Å². The maximum absolute atomic E-state index is 13.3. The summed E-state index contributed by atoms with van der Waals surface area (Å²) in [5.74, 6) is -0.376. The standard InChI is InChI=1S/C23H21ClN2O3S/c1-2-16-9-12-21-20(13-16)19-5-3-4-6-22(19)30(28,29)26(21)15-23(27)25-14-17-7-10-18(24)11-8-17/h3-13H,2,14-15H2,1H3,(H,25,27). The number of halogens is 1. The van der Waals surface area contributed by atoms with Crippen molar-refractivity contribution in [1.82, 2.24) is 5.32 Å². The van der Waals surface area contributed by atoms with Crippen LogP contribution >= 0.6 is 11.6 Å². The lowest BCUT2D eigenvalue weighted by atomic mass is 9.99. The van der Waals surface area contributed by atoms with Gasteiger partial charge in [-0.1, -0.05) is 54.9 Å². The van der Waals surface area contributed by atoms with Gasteiger partial charge in [-0.2, -0.15) is 0 Å². The van der Waals surface area contributed by atoms with Crippen molar-refractivity contribution >= 4 is 33.2 Å². The van der Waals surface area contributed by atoms with E-state index in [0.717, 1.165) is 23.1 Å². The van der Waals surface area contributed by atoms with Crippen LogP contribution in [0.15, 0.2) is 71.6 Å². The van der Waals surface area contributed by atoms with Gasteiger partial charge in [0.05, 0.1) is 10.6 Å². The topological polar surface area (TPSA) is 66.5 Å². The van der Waals surface area contributed by atoms with Gasteiger partial charge in [-0.15, -0.1) is 0 Å². The Balaban J connectivity index is 1.64. The van der Waals surface area contributed by atoms with E-state index in [9.17, 15) is 13.2 Å². The zero-order valence-corrected chi connectivity index (χ0v) is 18.0. The second-order valence-electron chi connectivity index (χ2n) is 7.12. The summed E-state index contributed by atoms with van der Waals surface area (Å²) in [5.41, 5.74) is 4.00. The molecule has 154 valence electrons. The molecular weight excluding hydrogens is 420 g/mol. The molecular formula is C23H21ClN2O3S. The third-order valence-electron chi connectivity index (χ3n) is 5.17. The smallest absolute Gasteiger partial charge is 0.265 e. The maximum Gasteiger partial charge on any atom is 0.265 e. The van der Waals surface area contributed by atoms with Gasteiger partial charge in [0.15, 0.2) is 0 Å². The highest BCUT2D eigenvalue weighted by atomic mass is 35.5. The number of amides is 1. The second kappa shape index (κ2) is 8.13. The molecule has 7 heteroatoms. The molecule has 1 heterocycles. The summed E-state index contributed by atoms with van der Waals surface area (Å²) in [6.07, 6.45) is 0.837. The Morgan fingerprint density at radius 2 is 1.67 bits per heavy atom. The molecule has 0 spiro atoms. The Hall–Kier alpha value is -2.83. The minimum absolute atomic E-state index is 0.219. The molecule has 0 unspecified atom stereocenters. The van der Waals surface area contributed by atoms with Gasteiger partial charge in [-0.3, -0.25) is 9.10 Å². The van der Waals surface area contributed by atoms with E-state index in [1.54, 1.807) is 30.3 Å². The number of anilines is 1. The first-order valence-corrected chi connectivity index (χ1v) is 11.5. The number of aryl methyl sites for hydroxylation is 1. The van der Waals surface area contributed by atoms with E-state index in [-0.39, 0.29) is 17.3 Å². The number of rotatable bonds is 5. The van der Waals surface area contributed by atoms with Gasteiger partial charge in [-0.25, -0.2) is 8.42 Å². The predicted molar refractivity (Wildman–Crippen MR) is 119 cm³/mol. The predicted octanol–water partition coefficient (Wildman–Crippen LogP) is 4.39. The number of hydrogen-bond acceptors (Lipinski definition) is 3. The van der Waals surface area contributed by atoms with Crippen molar-refractivity contribution in [3.63, 3.8) is 0 Å². The zero-order valence-electron chi connectivity index (χ0n) is 16.4. The fourth-order valence-electron chi connectivity index (χ4n) is 3.56. The molecule has 1 amide bonds. The molecule has 0 aromatic heterocycles. The quantitative estimate of drug-likeness (QED) is 0.639. The molecule has 5 nitrogen and oxygen atoms in total. The number of carbonyl (C=O) groups is 1. The van der Waals surface area contributed by atoms with Crippen LogP contribution in [0, 0.1) is 0 Å². The van der Waals surface area contributed by atoms with E-state index in [1.807, 2.05) is 36.4 Å². The van der Waals surface area contributed by atoms with Crippen molar-refractivity contribution in [1.29, 1.82) is 0 Å². The summed E-state index contributed by atoms with van der Waals surface area (Å²) in [6.45, 7) is 2.06. The molecule has 0 aliphatic carbocycles. The number of carbonyl (C=O) groups excluding carboxylic acids is 1. The third-order valence-corrected chi connectivity index (χ3v) is 7.24. The summed E-state index contributed by atoms with van der Waals surface area (Å²) >= 11 is 5.88. The highest BCUT2D eigenvalue weighted by molar-refractivity contribution is 7.93. The van der Waals surface area contributed by atoms with E-state index >= 15 is 0 Å². The van der Waals surface area contributed by atoms with Crippen LogP contribution in [0.3, 0.4) is 0 Å². The first kappa shape index (κ1) is 20.4. The molecule has 30 heavy (non-hydrogen) atoms. The molecule has 0 atom stereocenters. The van der Waals surface area contributed by atoms with Crippen LogP contribution in [0.25, 0.3) is 11.1 Å². The summed E-state index contributed by atoms with van der Waals surface area (Å²) in [4.78, 5) is 12.9. The van der Waals surface area contributed by atoms with Gasteiger partial charge in [0.2, 0.25) is 5.91 Å². The maximum atomic E-state index is 13.3. The van der Waals surface area contributed by atoms with E-state index < -0.39 is 10.0 Å². The summed E-state index contributed by atoms with van der Waals surface area (Å²) in [5, 5.41) is 3.41. The Morgan fingerprint density at radius 1 is 0.967 bits per heavy atom. The van der Waals surface area contributed by atoms with Crippen molar-refractivity contribution in [2.45, 2.75) is 24.8 Å². The molecule has 0 saturated carbocycles. The lowest BCUT2D eigenvalue weighted by Crippen LogP contribution is -2.42.